The number of nitrogens with two attached hydrogens (primary N) is 1. The van der Waals surface area contributed by atoms with Crippen LogP contribution >= 0.6 is 0 Å². The maximum absolute atomic E-state index is 5.74. The van der Waals surface area contributed by atoms with E-state index >= 15 is 0 Å². The molecule has 0 saturated heterocycles. The smallest absolute Gasteiger partial charge is 0.0342 e. The number of rotatable bonds is 1. The van der Waals surface area contributed by atoms with Crippen molar-refractivity contribution in [1.29, 1.82) is 0 Å². The fourth-order valence-electron chi connectivity index (χ4n) is 2.00. The molecule has 0 atom stereocenters. The Morgan fingerprint density at radius 2 is 1.72 bits per heavy atom. The predicted octanol–water partition coefficient (Wildman–Crippen LogP) is 2.70. The quantitative estimate of drug-likeness (QED) is 0.494. The maximum atomic E-state index is 5.74. The van der Waals surface area contributed by atoms with Crippen LogP contribution in [0.1, 0.15) is 11.3 Å². The first-order valence-electron chi connectivity index (χ1n) is 5.48. The summed E-state index contributed by atoms with van der Waals surface area (Å²) < 4.78 is 0. The van der Waals surface area contributed by atoms with E-state index < -0.39 is 0 Å². The third kappa shape index (κ3) is 2.17. The molecule has 0 spiro atoms. The normalized spacial score (nSPS) is 10.6. The molecule has 0 amide bonds. The van der Waals surface area contributed by atoms with Gasteiger partial charge in [-0.15, -0.1) is 34.5 Å². The summed E-state index contributed by atoms with van der Waals surface area (Å²) in [6.45, 7) is 6.22. The maximum Gasteiger partial charge on any atom is 0.0342 e. The van der Waals surface area contributed by atoms with Gasteiger partial charge in [0.25, 0.3) is 0 Å². The Balaban J connectivity index is 0.00000120. The van der Waals surface area contributed by atoms with Gasteiger partial charge in [0, 0.05) is 39.3 Å². The SMILES string of the molecule is [CH]c1ccc2ccc3ccc(CN)[c-]c3c2n1.[Ir]. The summed E-state index contributed by atoms with van der Waals surface area (Å²) in [5.74, 6) is 0. The van der Waals surface area contributed by atoms with Crippen molar-refractivity contribution in [2.75, 3.05) is 0 Å². The molecule has 2 N–H and O–H groups in total. The molecular weight excluding hydrogens is 400 g/mol. The topological polar surface area (TPSA) is 38.9 Å². The first-order chi connectivity index (χ1) is 8.28. The van der Waals surface area contributed by atoms with E-state index in [0.29, 0.717) is 12.2 Å². The molecule has 3 aromatic rings. The summed E-state index contributed by atoms with van der Waals surface area (Å²) in [4.78, 5) is 4.38. The molecule has 0 aliphatic carbocycles. The molecule has 0 aliphatic heterocycles. The number of hydrogen-bond acceptors (Lipinski definition) is 2. The molecule has 3 rings (SSSR count). The molecule has 0 bridgehead atoms. The Kier molecular flexibility index (Phi) is 3.76. The fourth-order valence-corrected chi connectivity index (χ4v) is 2.00. The van der Waals surface area contributed by atoms with Crippen molar-refractivity contribution in [2.45, 2.75) is 6.54 Å². The number of pyridine rings is 1. The van der Waals surface area contributed by atoms with Crippen LogP contribution in [0, 0.1) is 13.0 Å². The van der Waals surface area contributed by atoms with Gasteiger partial charge in [-0.2, -0.15) is 0 Å². The van der Waals surface area contributed by atoms with Crippen LogP contribution < -0.4 is 5.73 Å². The van der Waals surface area contributed by atoms with E-state index in [2.05, 4.69) is 17.1 Å². The zero-order chi connectivity index (χ0) is 11.8. The standard InChI is InChI=1S/C15H11N2.Ir/c1-10-2-4-13-7-6-12-5-3-11(9-16)8-14(12)15(13)17-10;/h1-7H,9,16H2;/q-1;. The average molecular weight is 411 g/mol. The number of aromatic nitrogens is 1. The Morgan fingerprint density at radius 3 is 2.50 bits per heavy atom. The Hall–Kier alpha value is -1.28. The van der Waals surface area contributed by atoms with E-state index in [1.165, 1.54) is 0 Å². The van der Waals surface area contributed by atoms with Gasteiger partial charge in [0.2, 0.25) is 0 Å². The van der Waals surface area contributed by atoms with Crippen LogP contribution in [0.4, 0.5) is 0 Å². The van der Waals surface area contributed by atoms with Crippen molar-refractivity contribution < 1.29 is 20.1 Å². The average Bonchev–Trinajstić information content (AvgIpc) is 2.38. The van der Waals surface area contributed by atoms with Crippen molar-refractivity contribution in [3.05, 3.63) is 60.6 Å². The van der Waals surface area contributed by atoms with Gasteiger partial charge in [-0.1, -0.05) is 18.2 Å². The molecule has 0 saturated carbocycles. The molecule has 1 aromatic heterocycles. The van der Waals surface area contributed by atoms with Crippen molar-refractivity contribution >= 4 is 21.7 Å². The van der Waals surface area contributed by atoms with Crippen LogP contribution in [0.3, 0.4) is 0 Å². The van der Waals surface area contributed by atoms with Crippen molar-refractivity contribution in [2.24, 2.45) is 5.73 Å². The van der Waals surface area contributed by atoms with Gasteiger partial charge in [-0.25, -0.2) is 0 Å². The molecular formula is C15H11IrN2-. The zero-order valence-electron chi connectivity index (χ0n) is 9.61. The van der Waals surface area contributed by atoms with Crippen LogP contribution in [0.15, 0.2) is 36.4 Å². The van der Waals surface area contributed by atoms with E-state index in [-0.39, 0.29) is 20.1 Å². The van der Waals surface area contributed by atoms with E-state index in [0.717, 1.165) is 27.2 Å². The Labute approximate surface area is 120 Å². The molecule has 0 aliphatic rings. The van der Waals surface area contributed by atoms with Gasteiger partial charge in [-0.05, 0) is 17.0 Å². The van der Waals surface area contributed by atoms with Gasteiger partial charge in [0.15, 0.2) is 0 Å². The van der Waals surface area contributed by atoms with Gasteiger partial charge in [0.1, 0.15) is 0 Å². The van der Waals surface area contributed by atoms with E-state index in [9.17, 15) is 0 Å². The van der Waals surface area contributed by atoms with E-state index in [4.69, 9.17) is 12.7 Å². The zero-order valence-corrected chi connectivity index (χ0v) is 12.0. The first kappa shape index (κ1) is 13.2. The Bertz CT molecular complexity index is 707. The number of nitrogens with zero attached hydrogens (tertiary/aromatic N) is 1. The van der Waals surface area contributed by atoms with Gasteiger partial charge in [0.05, 0.1) is 0 Å². The molecule has 2 nitrogen and oxygen atoms in total. The van der Waals surface area contributed by atoms with Gasteiger partial charge in [-0.3, -0.25) is 0 Å². The Morgan fingerprint density at radius 1 is 1.06 bits per heavy atom. The van der Waals surface area contributed by atoms with Crippen LogP contribution in [-0.4, -0.2) is 4.98 Å². The molecule has 18 heavy (non-hydrogen) atoms. The van der Waals surface area contributed by atoms with Crippen LogP contribution in [0.25, 0.3) is 21.7 Å². The molecule has 91 valence electrons. The van der Waals surface area contributed by atoms with Crippen LogP contribution in [0.5, 0.6) is 0 Å². The number of benzene rings is 2. The van der Waals surface area contributed by atoms with Crippen molar-refractivity contribution in [1.82, 2.24) is 4.98 Å². The van der Waals surface area contributed by atoms with Crippen LogP contribution in [0.2, 0.25) is 0 Å². The van der Waals surface area contributed by atoms with Crippen molar-refractivity contribution in [3.63, 3.8) is 0 Å². The summed E-state index contributed by atoms with van der Waals surface area (Å²) in [6, 6.07) is 15.2. The fraction of sp³-hybridized carbons (Fsp3) is 0.0667. The molecule has 3 radical (unpaired) electrons. The molecule has 0 fully saturated rings. The minimum atomic E-state index is 0. The largest absolute Gasteiger partial charge is 0.328 e. The monoisotopic (exact) mass is 412 g/mol. The predicted molar refractivity (Wildman–Crippen MR) is 69.4 cm³/mol. The van der Waals surface area contributed by atoms with Crippen molar-refractivity contribution in [3.8, 4) is 0 Å². The summed E-state index contributed by atoms with van der Waals surface area (Å²) in [5.41, 5.74) is 8.03. The second-order valence-electron chi connectivity index (χ2n) is 4.03. The minimum Gasteiger partial charge on any atom is -0.328 e. The van der Waals surface area contributed by atoms with Gasteiger partial charge < -0.3 is 10.7 Å². The summed E-state index contributed by atoms with van der Waals surface area (Å²) in [5, 5.41) is 3.16. The minimum absolute atomic E-state index is 0. The third-order valence-corrected chi connectivity index (χ3v) is 2.89. The number of fused-ring (bicyclic) bond motifs is 3. The number of hydrogen-bond donors (Lipinski definition) is 1. The second kappa shape index (κ2) is 5.15. The molecule has 2 aromatic carbocycles. The van der Waals surface area contributed by atoms with Gasteiger partial charge >= 0.3 is 0 Å². The molecule has 3 heteroatoms. The van der Waals surface area contributed by atoms with E-state index in [1.807, 2.05) is 24.3 Å². The summed E-state index contributed by atoms with van der Waals surface area (Å²) >= 11 is 0. The molecule has 0 unspecified atom stereocenters. The van der Waals surface area contributed by atoms with E-state index in [1.54, 1.807) is 6.07 Å². The molecule has 1 heterocycles. The second-order valence-corrected chi connectivity index (χ2v) is 4.03. The third-order valence-electron chi connectivity index (χ3n) is 2.89. The first-order valence-corrected chi connectivity index (χ1v) is 5.48. The van der Waals surface area contributed by atoms with Crippen LogP contribution in [-0.2, 0) is 26.7 Å². The summed E-state index contributed by atoms with van der Waals surface area (Å²) in [7, 11) is 0. The summed E-state index contributed by atoms with van der Waals surface area (Å²) in [6.07, 6.45) is 0.